The molecule has 21 heavy (non-hydrogen) atoms. The monoisotopic (exact) mass is 300 g/mol. The summed E-state index contributed by atoms with van der Waals surface area (Å²) in [6.45, 7) is 6.11. The van der Waals surface area contributed by atoms with Crippen molar-refractivity contribution in [2.24, 2.45) is 5.41 Å². The van der Waals surface area contributed by atoms with Gasteiger partial charge in [-0.15, -0.1) is 0 Å². The zero-order chi connectivity index (χ0) is 15.8. The highest BCUT2D eigenvalue weighted by Gasteiger charge is 2.46. The van der Waals surface area contributed by atoms with Gasteiger partial charge in [-0.2, -0.15) is 13.2 Å². The Morgan fingerprint density at radius 3 is 2.48 bits per heavy atom. The SMILES string of the molecule is CCNc1ccc(C(=O)NC2CC2(C)C)cc1C(F)(F)F. The van der Waals surface area contributed by atoms with Crippen LogP contribution in [0, 0.1) is 5.41 Å². The first-order valence-corrected chi connectivity index (χ1v) is 6.91. The van der Waals surface area contributed by atoms with Crippen molar-refractivity contribution in [3.8, 4) is 0 Å². The zero-order valence-electron chi connectivity index (χ0n) is 12.3. The molecule has 0 heterocycles. The van der Waals surface area contributed by atoms with Gasteiger partial charge in [0, 0.05) is 23.8 Å². The summed E-state index contributed by atoms with van der Waals surface area (Å²) in [5, 5.41) is 5.43. The Kier molecular flexibility index (Phi) is 3.91. The minimum absolute atomic E-state index is 0.00620. The van der Waals surface area contributed by atoms with E-state index in [1.807, 2.05) is 13.8 Å². The van der Waals surface area contributed by atoms with Crippen molar-refractivity contribution in [1.82, 2.24) is 5.32 Å². The van der Waals surface area contributed by atoms with Gasteiger partial charge >= 0.3 is 6.18 Å². The fourth-order valence-corrected chi connectivity index (χ4v) is 2.22. The van der Waals surface area contributed by atoms with E-state index in [0.29, 0.717) is 6.54 Å². The third-order valence-corrected chi connectivity index (χ3v) is 3.77. The molecule has 1 unspecified atom stereocenters. The van der Waals surface area contributed by atoms with Crippen LogP contribution in [-0.4, -0.2) is 18.5 Å². The fourth-order valence-electron chi connectivity index (χ4n) is 2.22. The van der Waals surface area contributed by atoms with Crippen LogP contribution < -0.4 is 10.6 Å². The second-order valence-corrected chi connectivity index (χ2v) is 6.01. The van der Waals surface area contributed by atoms with Gasteiger partial charge in [-0.3, -0.25) is 4.79 Å². The number of rotatable bonds is 4. The molecule has 2 N–H and O–H groups in total. The Labute approximate surface area is 121 Å². The van der Waals surface area contributed by atoms with Gasteiger partial charge in [0.15, 0.2) is 0 Å². The maximum absolute atomic E-state index is 13.0. The smallest absolute Gasteiger partial charge is 0.385 e. The van der Waals surface area contributed by atoms with E-state index in [9.17, 15) is 18.0 Å². The van der Waals surface area contributed by atoms with Gasteiger partial charge in [0.05, 0.1) is 5.56 Å². The van der Waals surface area contributed by atoms with E-state index >= 15 is 0 Å². The number of halogens is 3. The lowest BCUT2D eigenvalue weighted by Crippen LogP contribution is -2.28. The Morgan fingerprint density at radius 1 is 1.38 bits per heavy atom. The van der Waals surface area contributed by atoms with Crippen LogP contribution in [0.2, 0.25) is 0 Å². The van der Waals surface area contributed by atoms with Gasteiger partial charge < -0.3 is 10.6 Å². The molecule has 1 aliphatic rings. The molecular formula is C15H19F3N2O. The summed E-state index contributed by atoms with van der Waals surface area (Å²) in [7, 11) is 0. The van der Waals surface area contributed by atoms with Crippen molar-refractivity contribution < 1.29 is 18.0 Å². The average molecular weight is 300 g/mol. The lowest BCUT2D eigenvalue weighted by atomic mass is 10.1. The predicted octanol–water partition coefficient (Wildman–Crippen LogP) is 3.67. The van der Waals surface area contributed by atoms with Crippen LogP contribution in [-0.2, 0) is 6.18 Å². The molecule has 1 fully saturated rings. The quantitative estimate of drug-likeness (QED) is 0.891. The normalized spacial score (nSPS) is 20.0. The highest BCUT2D eigenvalue weighted by atomic mass is 19.4. The van der Waals surface area contributed by atoms with E-state index in [1.54, 1.807) is 6.92 Å². The molecule has 3 nitrogen and oxygen atoms in total. The molecule has 0 aromatic heterocycles. The maximum atomic E-state index is 13.0. The summed E-state index contributed by atoms with van der Waals surface area (Å²) >= 11 is 0. The van der Waals surface area contributed by atoms with Gasteiger partial charge in [0.25, 0.3) is 5.91 Å². The number of hydrogen-bond donors (Lipinski definition) is 2. The summed E-state index contributed by atoms with van der Waals surface area (Å²) in [5.41, 5.74) is -0.751. The molecule has 0 radical (unpaired) electrons. The number of carbonyl (C=O) groups excluding carboxylic acids is 1. The lowest BCUT2D eigenvalue weighted by Gasteiger charge is -2.15. The molecule has 1 amide bonds. The molecule has 1 aromatic rings. The third kappa shape index (κ3) is 3.49. The molecule has 1 atom stereocenters. The van der Waals surface area contributed by atoms with Crippen molar-refractivity contribution in [3.63, 3.8) is 0 Å². The number of anilines is 1. The Morgan fingerprint density at radius 2 is 2.00 bits per heavy atom. The minimum atomic E-state index is -4.49. The predicted molar refractivity (Wildman–Crippen MR) is 75.3 cm³/mol. The molecule has 0 aliphatic heterocycles. The van der Waals surface area contributed by atoms with Gasteiger partial charge in [-0.1, -0.05) is 13.8 Å². The van der Waals surface area contributed by atoms with Crippen LogP contribution in [0.5, 0.6) is 0 Å². The fraction of sp³-hybridized carbons (Fsp3) is 0.533. The largest absolute Gasteiger partial charge is 0.418 e. The van der Waals surface area contributed by atoms with Crippen LogP contribution in [0.25, 0.3) is 0 Å². The Bertz CT molecular complexity index is 552. The number of benzene rings is 1. The van der Waals surface area contributed by atoms with Crippen LogP contribution in [0.15, 0.2) is 18.2 Å². The number of hydrogen-bond acceptors (Lipinski definition) is 2. The minimum Gasteiger partial charge on any atom is -0.385 e. The van der Waals surface area contributed by atoms with Gasteiger partial charge in [-0.25, -0.2) is 0 Å². The van der Waals surface area contributed by atoms with Gasteiger partial charge in [0.2, 0.25) is 0 Å². The second kappa shape index (κ2) is 5.24. The van der Waals surface area contributed by atoms with E-state index < -0.39 is 17.6 Å². The highest BCUT2D eigenvalue weighted by Crippen LogP contribution is 2.44. The van der Waals surface area contributed by atoms with Crippen molar-refractivity contribution in [1.29, 1.82) is 0 Å². The van der Waals surface area contributed by atoms with Crippen LogP contribution in [0.4, 0.5) is 18.9 Å². The van der Waals surface area contributed by atoms with E-state index in [2.05, 4.69) is 10.6 Å². The molecule has 1 aliphatic carbocycles. The molecule has 6 heteroatoms. The summed E-state index contributed by atoms with van der Waals surface area (Å²) in [5.74, 6) is -0.459. The number of nitrogens with one attached hydrogen (secondary N) is 2. The lowest BCUT2D eigenvalue weighted by molar-refractivity contribution is -0.137. The third-order valence-electron chi connectivity index (χ3n) is 3.77. The second-order valence-electron chi connectivity index (χ2n) is 6.01. The molecular weight excluding hydrogens is 281 g/mol. The van der Waals surface area contributed by atoms with Crippen molar-refractivity contribution in [2.45, 2.75) is 39.4 Å². The molecule has 0 spiro atoms. The topological polar surface area (TPSA) is 41.1 Å². The number of carbonyl (C=O) groups is 1. The first-order valence-electron chi connectivity index (χ1n) is 6.91. The molecule has 0 bridgehead atoms. The summed E-state index contributed by atoms with van der Waals surface area (Å²) in [4.78, 5) is 12.0. The van der Waals surface area contributed by atoms with E-state index in [1.165, 1.54) is 12.1 Å². The molecule has 0 saturated heterocycles. The van der Waals surface area contributed by atoms with Crippen molar-refractivity contribution in [3.05, 3.63) is 29.3 Å². The molecule has 1 saturated carbocycles. The van der Waals surface area contributed by atoms with Crippen LogP contribution in [0.3, 0.4) is 0 Å². The van der Waals surface area contributed by atoms with Crippen molar-refractivity contribution >= 4 is 11.6 Å². The van der Waals surface area contributed by atoms with E-state index in [4.69, 9.17) is 0 Å². The molecule has 2 rings (SSSR count). The summed E-state index contributed by atoms with van der Waals surface area (Å²) in [6, 6.07) is 3.66. The zero-order valence-corrected chi connectivity index (χ0v) is 12.3. The first kappa shape index (κ1) is 15.7. The highest BCUT2D eigenvalue weighted by molar-refractivity contribution is 5.95. The first-order chi connectivity index (χ1) is 9.65. The van der Waals surface area contributed by atoms with Crippen LogP contribution in [0.1, 0.15) is 43.1 Å². The van der Waals surface area contributed by atoms with E-state index in [-0.39, 0.29) is 22.7 Å². The maximum Gasteiger partial charge on any atom is 0.418 e. The molecule has 1 aromatic carbocycles. The Hall–Kier alpha value is -1.72. The molecule has 116 valence electrons. The van der Waals surface area contributed by atoms with Gasteiger partial charge in [0.1, 0.15) is 0 Å². The van der Waals surface area contributed by atoms with Crippen molar-refractivity contribution in [2.75, 3.05) is 11.9 Å². The number of alkyl halides is 3. The van der Waals surface area contributed by atoms with Gasteiger partial charge in [-0.05, 0) is 37.0 Å². The van der Waals surface area contributed by atoms with E-state index in [0.717, 1.165) is 12.5 Å². The average Bonchev–Trinajstić information content (AvgIpc) is 2.95. The number of amides is 1. The summed E-state index contributed by atoms with van der Waals surface area (Å²) in [6.07, 6.45) is -3.65. The Balaban J connectivity index is 2.23. The standard InChI is InChI=1S/C15H19F3N2O/c1-4-19-11-6-5-9(7-10(11)15(16,17)18)13(21)20-12-8-14(12,2)3/h5-7,12,19H,4,8H2,1-3H3,(H,20,21). The summed E-state index contributed by atoms with van der Waals surface area (Å²) < 4.78 is 39.1. The van der Waals surface area contributed by atoms with Crippen LogP contribution >= 0.6 is 0 Å².